The number of imide groups is 1. The van der Waals surface area contributed by atoms with Crippen LogP contribution in [0.25, 0.3) is 6.08 Å². The third kappa shape index (κ3) is 5.99. The Hall–Kier alpha value is -3.86. The Kier molecular flexibility index (Phi) is 8.11. The van der Waals surface area contributed by atoms with Crippen LogP contribution in [0.15, 0.2) is 53.4 Å². The second-order valence-corrected chi connectivity index (χ2v) is 10.6. The van der Waals surface area contributed by atoms with E-state index in [0.29, 0.717) is 33.3 Å². The maximum Gasteiger partial charge on any atom is 0.293 e. The third-order valence-electron chi connectivity index (χ3n) is 5.94. The van der Waals surface area contributed by atoms with Crippen LogP contribution in [0.2, 0.25) is 10.0 Å². The highest BCUT2D eigenvalue weighted by Crippen LogP contribution is 2.41. The lowest BCUT2D eigenvalue weighted by atomic mass is 10.1. The molecule has 1 N–H and O–H groups in total. The molecule has 5 rings (SSSR count). The molecule has 2 aliphatic heterocycles. The number of aryl methyl sites for hydroxylation is 1. The highest BCUT2D eigenvalue weighted by molar-refractivity contribution is 8.18. The first-order valence-electron chi connectivity index (χ1n) is 11.9. The van der Waals surface area contributed by atoms with Gasteiger partial charge in [0.25, 0.3) is 17.1 Å². The van der Waals surface area contributed by atoms with Crippen molar-refractivity contribution in [1.29, 1.82) is 0 Å². The van der Waals surface area contributed by atoms with Gasteiger partial charge >= 0.3 is 0 Å². The monoisotopic (exact) mass is 600 g/mol. The van der Waals surface area contributed by atoms with E-state index < -0.39 is 11.1 Å². The van der Waals surface area contributed by atoms with Crippen molar-refractivity contribution in [2.75, 3.05) is 25.8 Å². The molecule has 40 heavy (non-hydrogen) atoms. The van der Waals surface area contributed by atoms with Crippen LogP contribution >= 0.6 is 35.0 Å². The van der Waals surface area contributed by atoms with Crippen LogP contribution in [0.1, 0.15) is 16.7 Å². The van der Waals surface area contributed by atoms with Gasteiger partial charge in [-0.3, -0.25) is 19.3 Å². The van der Waals surface area contributed by atoms with Gasteiger partial charge in [-0.1, -0.05) is 35.3 Å². The van der Waals surface area contributed by atoms with Gasteiger partial charge < -0.3 is 24.3 Å². The number of amides is 3. The summed E-state index contributed by atoms with van der Waals surface area (Å²) in [5, 5.41) is 2.84. The zero-order valence-corrected chi connectivity index (χ0v) is 23.6. The number of halogens is 2. The van der Waals surface area contributed by atoms with Gasteiger partial charge in [-0.25, -0.2) is 0 Å². The fraction of sp³-hybridized carbons (Fsp3) is 0.179. The van der Waals surface area contributed by atoms with Crippen molar-refractivity contribution in [2.24, 2.45) is 0 Å². The molecule has 0 bridgehead atoms. The van der Waals surface area contributed by atoms with Crippen LogP contribution in [0.5, 0.6) is 23.0 Å². The van der Waals surface area contributed by atoms with Crippen molar-refractivity contribution in [3.63, 3.8) is 0 Å². The number of nitrogens with one attached hydrogen (secondary N) is 1. The van der Waals surface area contributed by atoms with E-state index >= 15 is 0 Å². The second kappa shape index (κ2) is 11.7. The lowest BCUT2D eigenvalue weighted by Crippen LogP contribution is -2.27. The van der Waals surface area contributed by atoms with E-state index in [1.54, 1.807) is 30.3 Å². The van der Waals surface area contributed by atoms with Gasteiger partial charge in [-0.05, 0) is 71.8 Å². The van der Waals surface area contributed by atoms with E-state index in [0.717, 1.165) is 22.2 Å². The van der Waals surface area contributed by atoms with Crippen molar-refractivity contribution in [1.82, 2.24) is 4.90 Å². The molecule has 12 heteroatoms. The summed E-state index contributed by atoms with van der Waals surface area (Å²) in [4.78, 5) is 39.5. The number of carbonyl (C=O) groups is 3. The zero-order chi connectivity index (χ0) is 28.4. The van der Waals surface area contributed by atoms with Crippen LogP contribution in [0, 0.1) is 6.92 Å². The Morgan fingerprint density at radius 3 is 2.62 bits per heavy atom. The second-order valence-electron chi connectivity index (χ2n) is 8.81. The van der Waals surface area contributed by atoms with Gasteiger partial charge in [0.2, 0.25) is 6.79 Å². The summed E-state index contributed by atoms with van der Waals surface area (Å²) in [6, 6.07) is 13.8. The Labute approximate surface area is 243 Å². The molecule has 1 saturated heterocycles. The number of rotatable bonds is 8. The van der Waals surface area contributed by atoms with E-state index in [1.165, 1.54) is 13.2 Å². The number of ether oxygens (including phenoxy) is 4. The lowest BCUT2D eigenvalue weighted by Gasteiger charge is -2.14. The topological polar surface area (TPSA) is 103 Å². The van der Waals surface area contributed by atoms with E-state index in [1.807, 2.05) is 25.1 Å². The number of nitrogens with zero attached hydrogens (tertiary/aromatic N) is 1. The standard InChI is InChI=1S/C28H22Cl2N2O7S/c1-15-4-3-5-18(6-15)31-25(33)13-37-26-20(30)7-16(8-23(26)36-2)9-24-27(34)32(28(35)40-24)12-17-10-21-22(11-19(17)29)39-14-38-21/h3-11H,12-14H2,1-2H3,(H,31,33)/b24-9-. The van der Waals surface area contributed by atoms with Crippen molar-refractivity contribution in [3.05, 3.63) is 80.2 Å². The Balaban J connectivity index is 1.29. The van der Waals surface area contributed by atoms with E-state index in [2.05, 4.69) is 5.32 Å². The summed E-state index contributed by atoms with van der Waals surface area (Å²) >= 11 is 13.6. The molecular formula is C28H22Cl2N2O7S. The molecule has 9 nitrogen and oxygen atoms in total. The molecule has 206 valence electrons. The quantitative estimate of drug-likeness (QED) is 0.301. The lowest BCUT2D eigenvalue weighted by molar-refractivity contribution is -0.123. The number of hydrogen-bond acceptors (Lipinski definition) is 8. The van der Waals surface area contributed by atoms with Gasteiger partial charge in [0, 0.05) is 16.8 Å². The number of hydrogen-bond donors (Lipinski definition) is 1. The molecular weight excluding hydrogens is 579 g/mol. The maximum atomic E-state index is 13.1. The normalized spacial score (nSPS) is 15.1. The van der Waals surface area contributed by atoms with Crippen LogP contribution in [-0.4, -0.2) is 42.5 Å². The summed E-state index contributed by atoms with van der Waals surface area (Å²) < 4.78 is 21.8. The van der Waals surface area contributed by atoms with Gasteiger partial charge in [0.05, 0.1) is 23.6 Å². The van der Waals surface area contributed by atoms with Gasteiger partial charge in [0.1, 0.15) is 0 Å². The van der Waals surface area contributed by atoms with Crippen molar-refractivity contribution >= 4 is 63.8 Å². The molecule has 0 unspecified atom stereocenters. The molecule has 0 saturated carbocycles. The summed E-state index contributed by atoms with van der Waals surface area (Å²) in [5.74, 6) is 0.585. The molecule has 1 fully saturated rings. The molecule has 0 aromatic heterocycles. The Morgan fingerprint density at radius 2 is 1.88 bits per heavy atom. The van der Waals surface area contributed by atoms with Crippen LogP contribution in [-0.2, 0) is 16.1 Å². The highest BCUT2D eigenvalue weighted by atomic mass is 35.5. The number of carbonyl (C=O) groups excluding carboxylic acids is 3. The SMILES string of the molecule is COc1cc(/C=C2\SC(=O)N(Cc3cc4c(cc3Cl)OCO4)C2=O)cc(Cl)c1OCC(=O)Nc1cccc(C)c1. The van der Waals surface area contributed by atoms with Crippen molar-refractivity contribution < 1.29 is 33.3 Å². The van der Waals surface area contributed by atoms with E-state index in [4.69, 9.17) is 42.1 Å². The number of anilines is 1. The maximum absolute atomic E-state index is 13.1. The third-order valence-corrected chi connectivity index (χ3v) is 7.48. The average Bonchev–Trinajstić information content (AvgIpc) is 3.46. The Bertz CT molecular complexity index is 1560. The van der Waals surface area contributed by atoms with E-state index in [-0.39, 0.29) is 47.3 Å². The minimum Gasteiger partial charge on any atom is -0.493 e. The molecule has 3 aromatic carbocycles. The number of thioether (sulfide) groups is 1. The minimum atomic E-state index is -0.480. The first kappa shape index (κ1) is 27.7. The summed E-state index contributed by atoms with van der Waals surface area (Å²) in [6.07, 6.45) is 1.54. The first-order chi connectivity index (χ1) is 19.2. The Morgan fingerprint density at radius 1 is 1.10 bits per heavy atom. The fourth-order valence-electron chi connectivity index (χ4n) is 4.06. The average molecular weight is 601 g/mol. The molecule has 0 aliphatic carbocycles. The predicted octanol–water partition coefficient (Wildman–Crippen LogP) is 6.29. The smallest absolute Gasteiger partial charge is 0.293 e. The van der Waals surface area contributed by atoms with Gasteiger partial charge in [-0.2, -0.15) is 0 Å². The van der Waals surface area contributed by atoms with Gasteiger partial charge in [-0.15, -0.1) is 0 Å². The molecule has 0 atom stereocenters. The number of methoxy groups -OCH3 is 1. The molecule has 2 aliphatic rings. The summed E-state index contributed by atoms with van der Waals surface area (Å²) in [6.45, 7) is 1.67. The van der Waals surface area contributed by atoms with Crippen LogP contribution in [0.3, 0.4) is 0 Å². The highest BCUT2D eigenvalue weighted by Gasteiger charge is 2.36. The van der Waals surface area contributed by atoms with Gasteiger partial charge in [0.15, 0.2) is 29.6 Å². The molecule has 0 spiro atoms. The molecule has 0 radical (unpaired) electrons. The molecule has 3 aromatic rings. The van der Waals surface area contributed by atoms with E-state index in [9.17, 15) is 14.4 Å². The van der Waals surface area contributed by atoms with Crippen LogP contribution in [0.4, 0.5) is 10.5 Å². The summed E-state index contributed by atoms with van der Waals surface area (Å²) in [5.41, 5.74) is 2.71. The summed E-state index contributed by atoms with van der Waals surface area (Å²) in [7, 11) is 1.43. The predicted molar refractivity (Wildman–Crippen MR) is 152 cm³/mol. The number of benzene rings is 3. The zero-order valence-electron chi connectivity index (χ0n) is 21.3. The molecule has 2 heterocycles. The van der Waals surface area contributed by atoms with Crippen LogP contribution < -0.4 is 24.3 Å². The first-order valence-corrected chi connectivity index (χ1v) is 13.5. The fourth-order valence-corrected chi connectivity index (χ4v) is 5.38. The molecule has 3 amide bonds. The van der Waals surface area contributed by atoms with Crippen molar-refractivity contribution in [3.8, 4) is 23.0 Å². The van der Waals surface area contributed by atoms with Crippen molar-refractivity contribution in [2.45, 2.75) is 13.5 Å². The largest absolute Gasteiger partial charge is 0.493 e. The minimum absolute atomic E-state index is 0.0288. The number of fused-ring (bicyclic) bond motifs is 1.